The van der Waals surface area contributed by atoms with Crippen molar-refractivity contribution in [2.45, 2.75) is 77.1 Å². The molecule has 1 aliphatic rings. The summed E-state index contributed by atoms with van der Waals surface area (Å²) >= 11 is 0. The Labute approximate surface area is 206 Å². The molecule has 7 nitrogen and oxygen atoms in total. The first kappa shape index (κ1) is 26.3. The molecule has 2 aromatic carbocycles. The van der Waals surface area contributed by atoms with E-state index in [-0.39, 0.29) is 6.10 Å². The first-order valence-corrected chi connectivity index (χ1v) is 11.9. The minimum atomic E-state index is -1.90. The Morgan fingerprint density at radius 3 is 1.74 bits per heavy atom. The van der Waals surface area contributed by atoms with Crippen molar-refractivity contribution in [1.29, 1.82) is 0 Å². The number of hydrogen-bond donors (Lipinski definition) is 0. The Balaban J connectivity index is 2.37. The first-order chi connectivity index (χ1) is 16.5. The molecule has 2 aromatic rings. The Hall–Kier alpha value is -3.35. The lowest BCUT2D eigenvalue weighted by Gasteiger charge is -2.35. The van der Waals surface area contributed by atoms with E-state index in [9.17, 15) is 14.4 Å². The number of fused-ring (bicyclic) bond motifs is 1. The molecule has 0 N–H and O–H groups in total. The molecule has 0 fully saturated rings. The zero-order valence-electron chi connectivity index (χ0n) is 21.4. The van der Waals surface area contributed by atoms with Crippen LogP contribution < -0.4 is 4.74 Å². The van der Waals surface area contributed by atoms with Crippen LogP contribution in [0.3, 0.4) is 0 Å². The Morgan fingerprint density at radius 2 is 1.26 bits per heavy atom. The van der Waals surface area contributed by atoms with E-state index in [1.165, 1.54) is 0 Å². The summed E-state index contributed by atoms with van der Waals surface area (Å²) in [5.74, 6) is -3.32. The van der Waals surface area contributed by atoms with Crippen molar-refractivity contribution in [2.24, 2.45) is 0 Å². The highest BCUT2D eigenvalue weighted by molar-refractivity contribution is 6.11. The molecule has 1 aliphatic carbocycles. The van der Waals surface area contributed by atoms with Crippen molar-refractivity contribution in [3.63, 3.8) is 0 Å². The second-order valence-electron chi connectivity index (χ2n) is 9.52. The van der Waals surface area contributed by atoms with Crippen LogP contribution in [0.2, 0.25) is 0 Å². The highest BCUT2D eigenvalue weighted by Gasteiger charge is 2.66. The lowest BCUT2D eigenvalue weighted by atomic mass is 9.69. The predicted octanol–water partition coefficient (Wildman–Crippen LogP) is 4.67. The molecule has 3 rings (SSSR count). The van der Waals surface area contributed by atoms with Gasteiger partial charge in [-0.15, -0.1) is 0 Å². The molecular formula is C28H34O7. The van der Waals surface area contributed by atoms with Crippen LogP contribution in [0, 0.1) is 0 Å². The molecule has 0 spiro atoms. The molecule has 0 bridgehead atoms. The third-order valence-corrected chi connectivity index (χ3v) is 5.93. The van der Waals surface area contributed by atoms with E-state index in [1.807, 2.05) is 0 Å². The van der Waals surface area contributed by atoms with Gasteiger partial charge in [0.05, 0.1) is 31.3 Å². The zero-order chi connectivity index (χ0) is 25.9. The number of esters is 3. The molecule has 0 aliphatic heterocycles. The summed E-state index contributed by atoms with van der Waals surface area (Å²) in [5, 5.41) is 0. The van der Waals surface area contributed by atoms with Crippen molar-refractivity contribution in [3.05, 3.63) is 65.2 Å². The van der Waals surface area contributed by atoms with Crippen molar-refractivity contribution in [3.8, 4) is 5.75 Å². The lowest BCUT2D eigenvalue weighted by molar-refractivity contribution is -0.171. The van der Waals surface area contributed by atoms with Crippen LogP contribution in [0.15, 0.2) is 48.5 Å². The number of carbonyl (C=O) groups is 3. The molecule has 0 radical (unpaired) electrons. The third kappa shape index (κ3) is 4.90. The average Bonchev–Trinajstić information content (AvgIpc) is 3.10. The number of benzene rings is 2. The van der Waals surface area contributed by atoms with Crippen LogP contribution >= 0.6 is 0 Å². The standard InChI is InChI=1S/C28H34O7/c1-16(2)33-25(29)23-21-10-8-9-11-22(21)28(26(30)34-17(3)4,27(31)35-18(5)6)24(23)19-12-14-20(32-7)15-13-19/h8-18,23-24H,1-7H3/t23-,24+/m0/s1. The predicted molar refractivity (Wildman–Crippen MR) is 130 cm³/mol. The maximum atomic E-state index is 14.0. The smallest absolute Gasteiger partial charge is 0.329 e. The van der Waals surface area contributed by atoms with E-state index < -0.39 is 47.4 Å². The number of carbonyl (C=O) groups excluding carboxylic acids is 3. The van der Waals surface area contributed by atoms with Crippen LogP contribution in [0.25, 0.3) is 0 Å². The minimum Gasteiger partial charge on any atom is -0.497 e. The maximum Gasteiger partial charge on any atom is 0.329 e. The summed E-state index contributed by atoms with van der Waals surface area (Å²) < 4.78 is 22.3. The SMILES string of the molecule is COc1ccc([C@@H]2[C@@H](C(=O)OC(C)C)c3ccccc3C2(C(=O)OC(C)C)C(=O)OC(C)C)cc1. The van der Waals surface area contributed by atoms with Gasteiger partial charge in [-0.1, -0.05) is 36.4 Å². The quantitative estimate of drug-likeness (QED) is 0.307. The van der Waals surface area contributed by atoms with Crippen LogP contribution in [-0.4, -0.2) is 43.3 Å². The van der Waals surface area contributed by atoms with E-state index in [2.05, 4.69) is 0 Å². The van der Waals surface area contributed by atoms with Crippen molar-refractivity contribution in [2.75, 3.05) is 7.11 Å². The molecule has 35 heavy (non-hydrogen) atoms. The largest absolute Gasteiger partial charge is 0.497 e. The lowest BCUT2D eigenvalue weighted by Crippen LogP contribution is -2.51. The number of ether oxygens (including phenoxy) is 4. The van der Waals surface area contributed by atoms with Crippen molar-refractivity contribution < 1.29 is 33.3 Å². The normalized spacial score (nSPS) is 18.3. The van der Waals surface area contributed by atoms with Crippen LogP contribution in [-0.2, 0) is 34.0 Å². The molecular weight excluding hydrogens is 448 g/mol. The second-order valence-corrected chi connectivity index (χ2v) is 9.52. The first-order valence-electron chi connectivity index (χ1n) is 11.9. The molecule has 188 valence electrons. The zero-order valence-corrected chi connectivity index (χ0v) is 21.4. The second kappa shape index (κ2) is 10.5. The third-order valence-electron chi connectivity index (χ3n) is 5.93. The Kier molecular flexibility index (Phi) is 7.88. The van der Waals surface area contributed by atoms with E-state index in [1.54, 1.807) is 97.2 Å². The maximum absolute atomic E-state index is 14.0. The number of methoxy groups -OCH3 is 1. The highest BCUT2D eigenvalue weighted by atomic mass is 16.6. The van der Waals surface area contributed by atoms with Gasteiger partial charge in [-0.2, -0.15) is 0 Å². The van der Waals surface area contributed by atoms with Crippen LogP contribution in [0.5, 0.6) is 5.75 Å². The fourth-order valence-corrected chi connectivity index (χ4v) is 4.72. The van der Waals surface area contributed by atoms with Gasteiger partial charge in [0.25, 0.3) is 0 Å². The summed E-state index contributed by atoms with van der Waals surface area (Å²) in [4.78, 5) is 41.5. The van der Waals surface area contributed by atoms with Crippen LogP contribution in [0.1, 0.15) is 70.1 Å². The monoisotopic (exact) mass is 482 g/mol. The highest BCUT2D eigenvalue weighted by Crippen LogP contribution is 2.58. The van der Waals surface area contributed by atoms with Gasteiger partial charge in [-0.25, -0.2) is 0 Å². The molecule has 0 heterocycles. The molecule has 0 unspecified atom stereocenters. The van der Waals surface area contributed by atoms with Crippen molar-refractivity contribution >= 4 is 17.9 Å². The van der Waals surface area contributed by atoms with Gasteiger partial charge in [0.2, 0.25) is 0 Å². The molecule has 0 amide bonds. The van der Waals surface area contributed by atoms with E-state index in [4.69, 9.17) is 18.9 Å². The Morgan fingerprint density at radius 1 is 0.743 bits per heavy atom. The van der Waals surface area contributed by atoms with Gasteiger partial charge in [0, 0.05) is 5.92 Å². The van der Waals surface area contributed by atoms with E-state index in [0.29, 0.717) is 22.4 Å². The number of rotatable bonds is 8. The van der Waals surface area contributed by atoms with Gasteiger partial charge >= 0.3 is 17.9 Å². The summed E-state index contributed by atoms with van der Waals surface area (Å²) in [6.45, 7) is 10.4. The molecule has 2 atom stereocenters. The van der Waals surface area contributed by atoms with Gasteiger partial charge in [-0.3, -0.25) is 14.4 Å². The average molecular weight is 483 g/mol. The van der Waals surface area contributed by atoms with Crippen molar-refractivity contribution in [1.82, 2.24) is 0 Å². The van der Waals surface area contributed by atoms with E-state index >= 15 is 0 Å². The molecule has 0 aromatic heterocycles. The molecule has 0 saturated carbocycles. The summed E-state index contributed by atoms with van der Waals surface area (Å²) in [6.07, 6.45) is -1.36. The summed E-state index contributed by atoms with van der Waals surface area (Å²) in [7, 11) is 1.55. The summed E-state index contributed by atoms with van der Waals surface area (Å²) in [6, 6.07) is 13.9. The van der Waals surface area contributed by atoms with Gasteiger partial charge < -0.3 is 18.9 Å². The number of hydrogen-bond acceptors (Lipinski definition) is 7. The van der Waals surface area contributed by atoms with Gasteiger partial charge in [0.15, 0.2) is 5.41 Å². The van der Waals surface area contributed by atoms with Crippen LogP contribution in [0.4, 0.5) is 0 Å². The fourth-order valence-electron chi connectivity index (χ4n) is 4.72. The summed E-state index contributed by atoms with van der Waals surface area (Å²) in [5.41, 5.74) is -0.377. The molecule has 0 saturated heterocycles. The topological polar surface area (TPSA) is 88.1 Å². The Bertz CT molecular complexity index is 1050. The minimum absolute atomic E-state index is 0.383. The van der Waals surface area contributed by atoms with Gasteiger partial charge in [0.1, 0.15) is 5.75 Å². The fraction of sp³-hybridized carbons (Fsp3) is 0.464. The van der Waals surface area contributed by atoms with E-state index in [0.717, 1.165) is 0 Å². The molecule has 7 heteroatoms. The van der Waals surface area contributed by atoms with Gasteiger partial charge in [-0.05, 0) is 70.4 Å².